The van der Waals surface area contributed by atoms with Gasteiger partial charge in [-0.15, -0.1) is 0 Å². The molecule has 8 heteroatoms. The molecule has 7 nitrogen and oxygen atoms in total. The van der Waals surface area contributed by atoms with Crippen molar-refractivity contribution in [1.29, 1.82) is 0 Å². The van der Waals surface area contributed by atoms with Gasteiger partial charge in [0.25, 0.3) is 5.91 Å². The molecule has 3 aliphatic rings. The lowest BCUT2D eigenvalue weighted by Crippen LogP contribution is -2.49. The zero-order chi connectivity index (χ0) is 24.1. The summed E-state index contributed by atoms with van der Waals surface area (Å²) in [5, 5.41) is 13.7. The number of piperidine rings is 1. The van der Waals surface area contributed by atoms with Gasteiger partial charge in [0.05, 0.1) is 6.61 Å². The van der Waals surface area contributed by atoms with Gasteiger partial charge in [-0.05, 0) is 74.4 Å². The Morgan fingerprint density at radius 1 is 1.21 bits per heavy atom. The number of aryl methyl sites for hydroxylation is 2. The van der Waals surface area contributed by atoms with Gasteiger partial charge in [-0.1, -0.05) is 19.3 Å². The van der Waals surface area contributed by atoms with Gasteiger partial charge in [0.1, 0.15) is 28.1 Å². The first-order valence-corrected chi connectivity index (χ1v) is 13.7. The summed E-state index contributed by atoms with van der Waals surface area (Å²) in [5.41, 5.74) is 2.47. The molecule has 4 rings (SSSR count). The Kier molecular flexibility index (Phi) is 8.22. The molecular formula is C26H37N3O4S. The highest BCUT2D eigenvalue weighted by molar-refractivity contribution is 7.85. The number of aliphatic hydroxyl groups is 1. The summed E-state index contributed by atoms with van der Waals surface area (Å²) in [7, 11) is -1.26. The monoisotopic (exact) mass is 487 g/mol. The van der Waals surface area contributed by atoms with Crippen LogP contribution >= 0.6 is 0 Å². The normalized spacial score (nSPS) is 22.2. The lowest BCUT2D eigenvalue weighted by atomic mass is 9.88. The molecule has 34 heavy (non-hydrogen) atoms. The van der Waals surface area contributed by atoms with Crippen molar-refractivity contribution in [2.24, 2.45) is 10.9 Å². The van der Waals surface area contributed by atoms with Crippen LogP contribution in [-0.2, 0) is 15.8 Å². The number of carbonyl (C=O) groups is 1. The van der Waals surface area contributed by atoms with Crippen LogP contribution in [0.1, 0.15) is 68.1 Å². The quantitative estimate of drug-likeness (QED) is 0.548. The fraction of sp³-hybridized carbons (Fsp3) is 0.615. The molecule has 1 amide bonds. The van der Waals surface area contributed by atoms with Gasteiger partial charge in [-0.25, -0.2) is 8.51 Å². The molecule has 1 aromatic carbocycles. The van der Waals surface area contributed by atoms with Gasteiger partial charge >= 0.3 is 0 Å². The fourth-order valence-electron chi connectivity index (χ4n) is 5.23. The Morgan fingerprint density at radius 3 is 2.53 bits per heavy atom. The number of ether oxygens (including phenoxy) is 1. The van der Waals surface area contributed by atoms with Crippen LogP contribution in [0.25, 0.3) is 6.08 Å². The first-order chi connectivity index (χ1) is 16.4. The standard InChI is InChI=1S/C26H37N3O4S/c1-19-17-22(33-15-6-14-30)18-20(2)23(19)9-16-34(32)29-12-10-26(11-13-29)25(31)27-24(28-26)21-7-4-3-5-8-21/h9,16-18,21,30H,3-8,10-15H2,1-2H3,(H,27,28,31)/b16-9+. The number of hydrogen-bond acceptors (Lipinski definition) is 5. The zero-order valence-electron chi connectivity index (χ0n) is 20.3. The van der Waals surface area contributed by atoms with Crippen molar-refractivity contribution in [2.75, 3.05) is 26.3 Å². The third kappa shape index (κ3) is 5.61. The van der Waals surface area contributed by atoms with E-state index in [1.807, 2.05) is 36.4 Å². The minimum Gasteiger partial charge on any atom is -0.493 e. The van der Waals surface area contributed by atoms with E-state index < -0.39 is 16.5 Å². The maximum Gasteiger partial charge on any atom is 0.253 e. The Morgan fingerprint density at radius 2 is 1.88 bits per heavy atom. The van der Waals surface area contributed by atoms with Gasteiger partial charge < -0.3 is 15.2 Å². The van der Waals surface area contributed by atoms with Crippen molar-refractivity contribution in [3.05, 3.63) is 34.2 Å². The van der Waals surface area contributed by atoms with Crippen molar-refractivity contribution in [2.45, 2.75) is 70.8 Å². The van der Waals surface area contributed by atoms with E-state index in [2.05, 4.69) is 5.32 Å². The summed E-state index contributed by atoms with van der Waals surface area (Å²) in [4.78, 5) is 17.7. The van der Waals surface area contributed by atoms with Crippen LogP contribution in [0.5, 0.6) is 5.75 Å². The van der Waals surface area contributed by atoms with E-state index in [-0.39, 0.29) is 12.5 Å². The maximum absolute atomic E-state index is 13.0. The molecule has 1 saturated heterocycles. The van der Waals surface area contributed by atoms with E-state index in [0.29, 0.717) is 44.9 Å². The zero-order valence-corrected chi connectivity index (χ0v) is 21.2. The first-order valence-electron chi connectivity index (χ1n) is 12.5. The molecular weight excluding hydrogens is 450 g/mol. The highest BCUT2D eigenvalue weighted by Crippen LogP contribution is 2.34. The van der Waals surface area contributed by atoms with E-state index in [1.165, 1.54) is 19.3 Å². The summed E-state index contributed by atoms with van der Waals surface area (Å²) in [5.74, 6) is 2.10. The largest absolute Gasteiger partial charge is 0.493 e. The van der Waals surface area contributed by atoms with E-state index in [9.17, 15) is 9.00 Å². The number of aliphatic hydroxyl groups excluding tert-OH is 1. The second-order valence-electron chi connectivity index (χ2n) is 9.72. The Labute approximate surface area is 205 Å². The number of rotatable bonds is 8. The number of amidine groups is 1. The molecule has 2 aliphatic heterocycles. The molecule has 1 aliphatic carbocycles. The molecule has 2 fully saturated rings. The Balaban J connectivity index is 1.36. The van der Waals surface area contributed by atoms with Gasteiger partial charge in [0.15, 0.2) is 0 Å². The van der Waals surface area contributed by atoms with Gasteiger partial charge in [-0.2, -0.15) is 0 Å². The lowest BCUT2D eigenvalue weighted by Gasteiger charge is -2.33. The maximum atomic E-state index is 13.0. The van der Waals surface area contributed by atoms with Crippen molar-refractivity contribution >= 4 is 28.8 Å². The third-order valence-corrected chi connectivity index (χ3v) is 8.53. The lowest BCUT2D eigenvalue weighted by molar-refractivity contribution is -0.124. The highest BCUT2D eigenvalue weighted by Gasteiger charge is 2.47. The topological polar surface area (TPSA) is 91.2 Å². The van der Waals surface area contributed by atoms with Gasteiger partial charge in [0, 0.05) is 37.4 Å². The minimum atomic E-state index is -1.26. The van der Waals surface area contributed by atoms with E-state index in [4.69, 9.17) is 14.8 Å². The number of aliphatic imine (C=N–C) groups is 1. The number of carbonyl (C=O) groups excluding carboxylic acids is 1. The van der Waals surface area contributed by atoms with Gasteiger partial charge in [-0.3, -0.25) is 9.79 Å². The number of benzene rings is 1. The third-order valence-electron chi connectivity index (χ3n) is 7.28. The molecule has 0 bridgehead atoms. The van der Waals surface area contributed by atoms with Crippen molar-refractivity contribution in [3.63, 3.8) is 0 Å². The molecule has 1 atom stereocenters. The Hall–Kier alpha value is -2.03. The van der Waals surface area contributed by atoms with Crippen LogP contribution in [-0.4, -0.2) is 57.2 Å². The highest BCUT2D eigenvalue weighted by atomic mass is 32.2. The predicted molar refractivity (Wildman–Crippen MR) is 136 cm³/mol. The van der Waals surface area contributed by atoms with Crippen molar-refractivity contribution < 1.29 is 18.8 Å². The number of nitrogens with one attached hydrogen (secondary N) is 1. The average Bonchev–Trinajstić information content (AvgIpc) is 3.15. The SMILES string of the molecule is Cc1cc(OCCCO)cc(C)c1/C=C/S(=O)N1CCC2(CC1)N=C(C1CCCCC1)NC2=O. The molecule has 1 spiro atoms. The van der Waals surface area contributed by atoms with E-state index >= 15 is 0 Å². The van der Waals surface area contributed by atoms with Gasteiger partial charge in [0.2, 0.25) is 0 Å². The van der Waals surface area contributed by atoms with Crippen LogP contribution in [0, 0.1) is 19.8 Å². The van der Waals surface area contributed by atoms with Crippen molar-refractivity contribution in [3.8, 4) is 5.75 Å². The smallest absolute Gasteiger partial charge is 0.253 e. The molecule has 2 heterocycles. The predicted octanol–water partition coefficient (Wildman–Crippen LogP) is 3.64. The van der Waals surface area contributed by atoms with Crippen LogP contribution < -0.4 is 10.1 Å². The molecule has 2 N–H and O–H groups in total. The number of hydrogen-bond donors (Lipinski definition) is 2. The van der Waals surface area contributed by atoms with Crippen LogP contribution in [0.4, 0.5) is 0 Å². The summed E-state index contributed by atoms with van der Waals surface area (Å²) < 4.78 is 20.6. The summed E-state index contributed by atoms with van der Waals surface area (Å²) in [6.07, 6.45) is 9.66. The van der Waals surface area contributed by atoms with Crippen LogP contribution in [0.3, 0.4) is 0 Å². The van der Waals surface area contributed by atoms with E-state index in [1.54, 1.807) is 5.41 Å². The number of nitrogens with zero attached hydrogens (tertiary/aromatic N) is 2. The molecule has 0 radical (unpaired) electrons. The molecule has 1 saturated carbocycles. The second-order valence-corrected chi connectivity index (χ2v) is 11.1. The minimum absolute atomic E-state index is 0.0293. The van der Waals surface area contributed by atoms with E-state index in [0.717, 1.165) is 41.1 Å². The first kappa shape index (κ1) is 25.1. The number of amides is 1. The second kappa shape index (κ2) is 11.1. The van der Waals surface area contributed by atoms with Crippen LogP contribution in [0.2, 0.25) is 0 Å². The molecule has 1 aromatic rings. The summed E-state index contributed by atoms with van der Waals surface area (Å²) >= 11 is 0. The van der Waals surface area contributed by atoms with Crippen LogP contribution in [0.15, 0.2) is 22.5 Å². The van der Waals surface area contributed by atoms with Crippen molar-refractivity contribution in [1.82, 2.24) is 9.62 Å². The fourth-order valence-corrected chi connectivity index (χ4v) is 6.20. The molecule has 0 aromatic heterocycles. The summed E-state index contributed by atoms with van der Waals surface area (Å²) in [6, 6.07) is 3.94. The molecule has 186 valence electrons. The Bertz CT molecular complexity index is 953. The average molecular weight is 488 g/mol. The summed E-state index contributed by atoms with van der Waals surface area (Å²) in [6.45, 7) is 5.79. The molecule has 1 unspecified atom stereocenters.